The van der Waals surface area contributed by atoms with Gasteiger partial charge in [0.05, 0.1) is 11.7 Å². The van der Waals surface area contributed by atoms with Gasteiger partial charge >= 0.3 is 0 Å². The predicted octanol–water partition coefficient (Wildman–Crippen LogP) is 2.48. The molecule has 1 atom stereocenters. The maximum atomic E-state index is 6.19. The number of anilines is 1. The number of hydrogen-bond donors (Lipinski definition) is 3. The van der Waals surface area contributed by atoms with Crippen LogP contribution < -0.4 is 16.4 Å². The standard InChI is InChI=1S/C17H19N5S/c1-10-8-12-15(11-4-2-3-5-13(11)18)21-16(22-17(12)23-10)14-9-19-6-7-20-14/h2-5,8,14,19-20H,6-7,9,18H2,1H3. The third-order valence-corrected chi connectivity index (χ3v) is 5.05. The summed E-state index contributed by atoms with van der Waals surface area (Å²) in [6.45, 7) is 4.86. The predicted molar refractivity (Wildman–Crippen MR) is 95.6 cm³/mol. The first-order valence-electron chi connectivity index (χ1n) is 7.79. The van der Waals surface area contributed by atoms with E-state index in [-0.39, 0.29) is 6.04 Å². The summed E-state index contributed by atoms with van der Waals surface area (Å²) in [4.78, 5) is 11.9. The van der Waals surface area contributed by atoms with Crippen LogP contribution in [-0.2, 0) is 0 Å². The Balaban J connectivity index is 1.92. The SMILES string of the molecule is Cc1cc2c(-c3ccccc3N)nc(C3CNCCN3)nc2s1. The van der Waals surface area contributed by atoms with Gasteiger partial charge in [0.15, 0.2) is 0 Å². The molecule has 1 unspecified atom stereocenters. The van der Waals surface area contributed by atoms with E-state index < -0.39 is 0 Å². The fraction of sp³-hybridized carbons (Fsp3) is 0.294. The minimum atomic E-state index is 0.138. The van der Waals surface area contributed by atoms with Gasteiger partial charge in [-0.25, -0.2) is 9.97 Å². The van der Waals surface area contributed by atoms with E-state index in [1.807, 2.05) is 24.3 Å². The van der Waals surface area contributed by atoms with E-state index in [4.69, 9.17) is 15.7 Å². The van der Waals surface area contributed by atoms with Crippen LogP contribution in [0.25, 0.3) is 21.5 Å². The van der Waals surface area contributed by atoms with Crippen molar-refractivity contribution in [3.63, 3.8) is 0 Å². The number of nitrogens with one attached hydrogen (secondary N) is 2. The molecular formula is C17H19N5S. The van der Waals surface area contributed by atoms with E-state index in [1.54, 1.807) is 11.3 Å². The summed E-state index contributed by atoms with van der Waals surface area (Å²) < 4.78 is 0. The summed E-state index contributed by atoms with van der Waals surface area (Å²) in [5.74, 6) is 0.838. The van der Waals surface area contributed by atoms with Crippen molar-refractivity contribution in [3.8, 4) is 11.3 Å². The molecule has 6 heteroatoms. The molecule has 3 aromatic rings. The van der Waals surface area contributed by atoms with Crippen LogP contribution in [0.5, 0.6) is 0 Å². The van der Waals surface area contributed by atoms with E-state index in [9.17, 15) is 0 Å². The third-order valence-electron chi connectivity index (χ3n) is 4.10. The molecule has 2 aromatic heterocycles. The van der Waals surface area contributed by atoms with Crippen molar-refractivity contribution in [2.75, 3.05) is 25.4 Å². The van der Waals surface area contributed by atoms with Crippen molar-refractivity contribution < 1.29 is 0 Å². The number of aromatic nitrogens is 2. The van der Waals surface area contributed by atoms with Crippen LogP contribution in [-0.4, -0.2) is 29.6 Å². The number of nitrogen functional groups attached to an aromatic ring is 1. The number of aryl methyl sites for hydroxylation is 1. The van der Waals surface area contributed by atoms with Gasteiger partial charge in [0.2, 0.25) is 0 Å². The summed E-state index contributed by atoms with van der Waals surface area (Å²) in [6.07, 6.45) is 0. The van der Waals surface area contributed by atoms with Crippen LogP contribution >= 0.6 is 11.3 Å². The number of piperazine rings is 1. The lowest BCUT2D eigenvalue weighted by molar-refractivity contribution is 0.416. The summed E-state index contributed by atoms with van der Waals surface area (Å²) in [5.41, 5.74) is 8.85. The molecule has 118 valence electrons. The second kappa shape index (κ2) is 5.88. The first-order chi connectivity index (χ1) is 11.2. The average molecular weight is 325 g/mol. The van der Waals surface area contributed by atoms with Crippen molar-refractivity contribution in [2.45, 2.75) is 13.0 Å². The van der Waals surface area contributed by atoms with Crippen molar-refractivity contribution in [3.05, 3.63) is 41.0 Å². The lowest BCUT2D eigenvalue weighted by Gasteiger charge is -2.23. The lowest BCUT2D eigenvalue weighted by atomic mass is 10.1. The van der Waals surface area contributed by atoms with Crippen LogP contribution in [0, 0.1) is 6.92 Å². The lowest BCUT2D eigenvalue weighted by Crippen LogP contribution is -2.43. The Kier molecular flexibility index (Phi) is 3.72. The van der Waals surface area contributed by atoms with Gasteiger partial charge in [-0.3, -0.25) is 0 Å². The van der Waals surface area contributed by atoms with Crippen molar-refractivity contribution >= 4 is 27.2 Å². The van der Waals surface area contributed by atoms with E-state index in [0.29, 0.717) is 0 Å². The molecule has 1 aliphatic heterocycles. The molecular weight excluding hydrogens is 306 g/mol. The molecule has 1 aromatic carbocycles. The van der Waals surface area contributed by atoms with Crippen LogP contribution in [0.3, 0.4) is 0 Å². The molecule has 3 heterocycles. The molecule has 1 saturated heterocycles. The minimum Gasteiger partial charge on any atom is -0.398 e. The van der Waals surface area contributed by atoms with Gasteiger partial charge in [-0.15, -0.1) is 11.3 Å². The van der Waals surface area contributed by atoms with Crippen molar-refractivity contribution in [1.29, 1.82) is 0 Å². The Morgan fingerprint density at radius 2 is 2.09 bits per heavy atom. The molecule has 4 rings (SSSR count). The van der Waals surface area contributed by atoms with Crippen molar-refractivity contribution in [1.82, 2.24) is 20.6 Å². The van der Waals surface area contributed by atoms with Crippen LogP contribution in [0.1, 0.15) is 16.7 Å². The van der Waals surface area contributed by atoms with Crippen LogP contribution in [0.4, 0.5) is 5.69 Å². The van der Waals surface area contributed by atoms with Crippen LogP contribution in [0.2, 0.25) is 0 Å². The quantitative estimate of drug-likeness (QED) is 0.631. The van der Waals surface area contributed by atoms with Gasteiger partial charge in [-0.2, -0.15) is 0 Å². The first kappa shape index (κ1) is 14.6. The molecule has 1 fully saturated rings. The highest BCUT2D eigenvalue weighted by molar-refractivity contribution is 7.18. The number of thiophene rings is 1. The average Bonchev–Trinajstić information content (AvgIpc) is 2.95. The smallest absolute Gasteiger partial charge is 0.148 e. The minimum absolute atomic E-state index is 0.138. The Labute approximate surface area is 139 Å². The molecule has 0 spiro atoms. The normalized spacial score (nSPS) is 18.4. The molecule has 1 aliphatic rings. The highest BCUT2D eigenvalue weighted by Gasteiger charge is 2.21. The molecule has 5 nitrogen and oxygen atoms in total. The van der Waals surface area contributed by atoms with Crippen molar-refractivity contribution in [2.24, 2.45) is 0 Å². The highest BCUT2D eigenvalue weighted by atomic mass is 32.1. The van der Waals surface area contributed by atoms with Crippen LogP contribution in [0.15, 0.2) is 30.3 Å². The number of rotatable bonds is 2. The van der Waals surface area contributed by atoms with Gasteiger partial charge in [-0.05, 0) is 19.1 Å². The number of hydrogen-bond acceptors (Lipinski definition) is 6. The monoisotopic (exact) mass is 325 g/mol. The van der Waals surface area contributed by atoms with Gasteiger partial charge in [-0.1, -0.05) is 18.2 Å². The summed E-state index contributed by atoms with van der Waals surface area (Å²) in [6, 6.07) is 10.2. The second-order valence-corrected chi connectivity index (χ2v) is 7.04. The molecule has 0 amide bonds. The maximum absolute atomic E-state index is 6.19. The molecule has 0 radical (unpaired) electrons. The van der Waals surface area contributed by atoms with Gasteiger partial charge < -0.3 is 16.4 Å². The molecule has 23 heavy (non-hydrogen) atoms. The number of para-hydroxylation sites is 1. The maximum Gasteiger partial charge on any atom is 0.148 e. The zero-order chi connectivity index (χ0) is 15.8. The fourth-order valence-electron chi connectivity index (χ4n) is 2.97. The number of nitrogens with zero attached hydrogens (tertiary/aromatic N) is 2. The van der Waals surface area contributed by atoms with Gasteiger partial charge in [0, 0.05) is 41.1 Å². The zero-order valence-corrected chi connectivity index (χ0v) is 13.8. The Morgan fingerprint density at radius 1 is 1.22 bits per heavy atom. The van der Waals surface area contributed by atoms with E-state index in [0.717, 1.165) is 52.6 Å². The first-order valence-corrected chi connectivity index (χ1v) is 8.61. The zero-order valence-electron chi connectivity index (χ0n) is 13.0. The Bertz CT molecular complexity index is 851. The molecule has 4 N–H and O–H groups in total. The number of nitrogens with two attached hydrogens (primary N) is 1. The van der Waals surface area contributed by atoms with E-state index >= 15 is 0 Å². The van der Waals surface area contributed by atoms with Gasteiger partial charge in [0.25, 0.3) is 0 Å². The third kappa shape index (κ3) is 2.69. The topological polar surface area (TPSA) is 75.9 Å². The highest BCUT2D eigenvalue weighted by Crippen LogP contribution is 2.34. The summed E-state index contributed by atoms with van der Waals surface area (Å²) >= 11 is 1.70. The number of fused-ring (bicyclic) bond motifs is 1. The fourth-order valence-corrected chi connectivity index (χ4v) is 3.85. The summed E-state index contributed by atoms with van der Waals surface area (Å²) in [5, 5.41) is 7.96. The second-order valence-electron chi connectivity index (χ2n) is 5.80. The summed E-state index contributed by atoms with van der Waals surface area (Å²) in [7, 11) is 0. The largest absolute Gasteiger partial charge is 0.398 e. The molecule has 0 bridgehead atoms. The molecule has 0 saturated carbocycles. The van der Waals surface area contributed by atoms with E-state index in [1.165, 1.54) is 4.88 Å². The Hall–Kier alpha value is -2.02. The van der Waals surface area contributed by atoms with Gasteiger partial charge in [0.1, 0.15) is 10.7 Å². The Morgan fingerprint density at radius 3 is 2.87 bits per heavy atom. The number of benzene rings is 1. The van der Waals surface area contributed by atoms with E-state index in [2.05, 4.69) is 23.6 Å². The molecule has 0 aliphatic carbocycles.